The Morgan fingerprint density at radius 3 is 2.45 bits per heavy atom. The van der Waals surface area contributed by atoms with E-state index in [9.17, 15) is 14.7 Å². The number of phenolic OH excluding ortho intramolecular Hbond substituents is 1. The third kappa shape index (κ3) is 5.44. The summed E-state index contributed by atoms with van der Waals surface area (Å²) in [4.78, 5) is 29.9. The number of halogens is 1. The number of nitrogens with zero attached hydrogens (tertiary/aromatic N) is 2. The molecule has 0 radical (unpaired) electrons. The first-order valence-electron chi connectivity index (χ1n) is 9.05. The normalized spacial score (nSPS) is 18.6. The van der Waals surface area contributed by atoms with E-state index in [1.165, 1.54) is 18.7 Å². The van der Waals surface area contributed by atoms with Gasteiger partial charge in [-0.1, -0.05) is 24.3 Å². The highest BCUT2D eigenvalue weighted by atomic mass is 35.5. The first-order valence-corrected chi connectivity index (χ1v) is 9.92. The Hall–Kier alpha value is -2.22. The quantitative estimate of drug-likeness (QED) is 0.723. The largest absolute Gasteiger partial charge is 0.508 e. The van der Waals surface area contributed by atoms with Crippen molar-refractivity contribution < 1.29 is 19.4 Å². The molecule has 0 bridgehead atoms. The molecule has 0 saturated heterocycles. The van der Waals surface area contributed by atoms with Gasteiger partial charge < -0.3 is 19.6 Å². The Bertz CT molecular complexity index is 860. The molecule has 0 unspecified atom stereocenters. The van der Waals surface area contributed by atoms with Crippen molar-refractivity contribution >= 4 is 41.7 Å². The summed E-state index contributed by atoms with van der Waals surface area (Å²) in [6.45, 7) is 2.49. The summed E-state index contributed by atoms with van der Waals surface area (Å²) in [6.07, 6.45) is -0.957. The number of likely N-dealkylation sites (N-methyl/N-ethyl adjacent to an activating group) is 1. The van der Waals surface area contributed by atoms with Gasteiger partial charge in [-0.3, -0.25) is 9.59 Å². The number of carbonyl (C=O) groups is 2. The van der Waals surface area contributed by atoms with Gasteiger partial charge in [0.1, 0.15) is 5.75 Å². The molecule has 1 amide bonds. The molecule has 0 aromatic heterocycles. The van der Waals surface area contributed by atoms with Crippen molar-refractivity contribution in [3.63, 3.8) is 0 Å². The lowest BCUT2D eigenvalue weighted by Gasteiger charge is -2.28. The smallest absolute Gasteiger partial charge is 0.303 e. The molecule has 1 N–H and O–H groups in total. The van der Waals surface area contributed by atoms with E-state index in [1.807, 2.05) is 43.3 Å². The molecular formula is C21H25ClN2O4S. The molecule has 2 aromatic rings. The Morgan fingerprint density at radius 1 is 1.17 bits per heavy atom. The minimum atomic E-state index is -0.957. The molecule has 0 fully saturated rings. The van der Waals surface area contributed by atoms with Gasteiger partial charge in [-0.2, -0.15) is 0 Å². The molecule has 0 saturated carbocycles. The van der Waals surface area contributed by atoms with Crippen LogP contribution in [0.1, 0.15) is 17.7 Å². The SMILES string of the molecule is CC(=O)O[C@H]1C(=O)N(CCN(C)C)c2ccccc2S[C@H]1c1ccc(O)cc1.Cl. The third-order valence-corrected chi connectivity index (χ3v) is 5.85. The van der Waals surface area contributed by atoms with Gasteiger partial charge in [0.05, 0.1) is 10.9 Å². The molecule has 0 aliphatic carbocycles. The molecule has 1 aliphatic rings. The number of para-hydroxylation sites is 1. The van der Waals surface area contributed by atoms with Crippen LogP contribution in [0.5, 0.6) is 5.75 Å². The van der Waals surface area contributed by atoms with Crippen LogP contribution in [0.3, 0.4) is 0 Å². The average Bonchev–Trinajstić information content (AvgIpc) is 2.76. The fourth-order valence-electron chi connectivity index (χ4n) is 3.11. The van der Waals surface area contributed by atoms with Crippen LogP contribution in [0.4, 0.5) is 5.69 Å². The number of rotatable bonds is 5. The number of fused-ring (bicyclic) bond motifs is 1. The fourth-order valence-corrected chi connectivity index (χ4v) is 4.43. The third-order valence-electron chi connectivity index (χ3n) is 4.48. The number of carbonyl (C=O) groups excluding carboxylic acids is 2. The van der Waals surface area contributed by atoms with Gasteiger partial charge >= 0.3 is 5.97 Å². The van der Waals surface area contributed by atoms with Gasteiger partial charge in [-0.05, 0) is 43.9 Å². The van der Waals surface area contributed by atoms with E-state index in [0.29, 0.717) is 13.1 Å². The van der Waals surface area contributed by atoms with E-state index < -0.39 is 17.3 Å². The monoisotopic (exact) mass is 436 g/mol. The van der Waals surface area contributed by atoms with Gasteiger partial charge in [-0.25, -0.2) is 0 Å². The van der Waals surface area contributed by atoms with Crippen LogP contribution in [0.2, 0.25) is 0 Å². The molecule has 8 heteroatoms. The van der Waals surface area contributed by atoms with Crippen molar-refractivity contribution in [3.8, 4) is 5.75 Å². The second-order valence-electron chi connectivity index (χ2n) is 6.92. The topological polar surface area (TPSA) is 70.1 Å². The highest BCUT2D eigenvalue weighted by Gasteiger charge is 2.40. The van der Waals surface area contributed by atoms with Gasteiger partial charge in [0.25, 0.3) is 5.91 Å². The highest BCUT2D eigenvalue weighted by molar-refractivity contribution is 7.99. The maximum atomic E-state index is 13.5. The van der Waals surface area contributed by atoms with Crippen LogP contribution < -0.4 is 4.90 Å². The second kappa shape index (κ2) is 10.0. The van der Waals surface area contributed by atoms with Gasteiger partial charge in [0, 0.05) is 24.9 Å². The Morgan fingerprint density at radius 2 is 1.83 bits per heavy atom. The summed E-state index contributed by atoms with van der Waals surface area (Å²) in [5.74, 6) is -0.598. The van der Waals surface area contributed by atoms with Crippen LogP contribution in [-0.2, 0) is 14.3 Å². The number of esters is 1. The van der Waals surface area contributed by atoms with Crippen LogP contribution in [0.15, 0.2) is 53.4 Å². The van der Waals surface area contributed by atoms with E-state index in [2.05, 4.69) is 0 Å². The van der Waals surface area contributed by atoms with Gasteiger partial charge in [0.2, 0.25) is 0 Å². The van der Waals surface area contributed by atoms with Crippen molar-refractivity contribution in [2.24, 2.45) is 0 Å². The van der Waals surface area contributed by atoms with Crippen LogP contribution in [0.25, 0.3) is 0 Å². The van der Waals surface area contributed by atoms with Crippen LogP contribution in [-0.4, -0.2) is 55.2 Å². The molecule has 156 valence electrons. The first-order chi connectivity index (χ1) is 13.4. The first kappa shape index (κ1) is 23.1. The number of hydrogen-bond donors (Lipinski definition) is 1. The zero-order valence-corrected chi connectivity index (χ0v) is 18.2. The van der Waals surface area contributed by atoms with Gasteiger partial charge in [0.15, 0.2) is 6.10 Å². The number of aromatic hydroxyl groups is 1. The highest BCUT2D eigenvalue weighted by Crippen LogP contribution is 2.46. The number of phenols is 1. The summed E-state index contributed by atoms with van der Waals surface area (Å²) in [5, 5.41) is 9.21. The minimum Gasteiger partial charge on any atom is -0.508 e. The fraction of sp³-hybridized carbons (Fsp3) is 0.333. The molecule has 29 heavy (non-hydrogen) atoms. The number of ether oxygens (including phenoxy) is 1. The van der Waals surface area contributed by atoms with Crippen LogP contribution >= 0.6 is 24.2 Å². The Balaban J connectivity index is 0.00000300. The molecule has 0 spiro atoms. The molecule has 2 aromatic carbocycles. The lowest BCUT2D eigenvalue weighted by atomic mass is 10.1. The minimum absolute atomic E-state index is 0. The molecule has 3 rings (SSSR count). The number of amides is 1. The second-order valence-corrected chi connectivity index (χ2v) is 8.10. The zero-order chi connectivity index (χ0) is 20.3. The van der Waals surface area contributed by atoms with Crippen molar-refractivity contribution in [1.29, 1.82) is 0 Å². The summed E-state index contributed by atoms with van der Waals surface area (Å²) in [7, 11) is 3.90. The van der Waals surface area contributed by atoms with Gasteiger partial charge in [-0.15, -0.1) is 24.2 Å². The molecule has 1 aliphatic heterocycles. The number of benzene rings is 2. The molecular weight excluding hydrogens is 412 g/mol. The summed E-state index contributed by atoms with van der Waals surface area (Å²) in [5.41, 5.74) is 1.63. The number of hydrogen-bond acceptors (Lipinski definition) is 6. The van der Waals surface area contributed by atoms with Crippen molar-refractivity contribution in [2.45, 2.75) is 23.2 Å². The Kier molecular flexibility index (Phi) is 7.96. The molecule has 2 atom stereocenters. The van der Waals surface area contributed by atoms with Crippen molar-refractivity contribution in [3.05, 3.63) is 54.1 Å². The lowest BCUT2D eigenvalue weighted by Crippen LogP contribution is -2.45. The Labute approximate surface area is 181 Å². The number of thioether (sulfide) groups is 1. The van der Waals surface area contributed by atoms with E-state index in [1.54, 1.807) is 29.2 Å². The summed E-state index contributed by atoms with van der Waals surface area (Å²) in [6, 6.07) is 14.4. The van der Waals surface area contributed by atoms with E-state index >= 15 is 0 Å². The standard InChI is InChI=1S/C21H24N2O4S.ClH/c1-14(24)27-19-20(15-8-10-16(25)11-9-15)28-18-7-5-4-6-17(18)23(21(19)26)13-12-22(2)3;/h4-11,19-20,25H,12-13H2,1-3H3;1H/t19-,20+;/m1./s1. The molecule has 6 nitrogen and oxygen atoms in total. The maximum Gasteiger partial charge on any atom is 0.303 e. The molecule has 1 heterocycles. The predicted molar refractivity (Wildman–Crippen MR) is 117 cm³/mol. The van der Waals surface area contributed by atoms with Crippen molar-refractivity contribution in [1.82, 2.24) is 4.90 Å². The van der Waals surface area contributed by atoms with E-state index in [0.717, 1.165) is 16.1 Å². The summed E-state index contributed by atoms with van der Waals surface area (Å²) >= 11 is 1.49. The zero-order valence-electron chi connectivity index (χ0n) is 16.6. The summed E-state index contributed by atoms with van der Waals surface area (Å²) < 4.78 is 5.52. The van der Waals surface area contributed by atoms with Crippen molar-refractivity contribution in [2.75, 3.05) is 32.1 Å². The van der Waals surface area contributed by atoms with E-state index in [4.69, 9.17) is 4.74 Å². The van der Waals surface area contributed by atoms with Crippen LogP contribution in [0, 0.1) is 0 Å². The lowest BCUT2D eigenvalue weighted by molar-refractivity contribution is -0.152. The predicted octanol–water partition coefficient (Wildman–Crippen LogP) is 3.49. The van der Waals surface area contributed by atoms with E-state index in [-0.39, 0.29) is 24.1 Å². The average molecular weight is 437 g/mol. The number of anilines is 1. The maximum absolute atomic E-state index is 13.5.